The van der Waals surface area contributed by atoms with E-state index in [4.69, 9.17) is 10.5 Å². The molecule has 0 aromatic heterocycles. The van der Waals surface area contributed by atoms with Gasteiger partial charge in [0.25, 0.3) is 0 Å². The molecule has 0 atom stereocenters. The Kier molecular flexibility index (Phi) is 8.39. The maximum absolute atomic E-state index is 12.7. The molecule has 0 heterocycles. The number of ether oxygens (including phenoxy) is 1. The lowest BCUT2D eigenvalue weighted by Crippen LogP contribution is -2.23. The lowest BCUT2D eigenvalue weighted by molar-refractivity contribution is 0.313. The van der Waals surface area contributed by atoms with Crippen molar-refractivity contribution in [3.8, 4) is 5.75 Å². The molecule has 3 N–H and O–H groups in total. The molecule has 0 spiro atoms. The van der Waals surface area contributed by atoms with Crippen molar-refractivity contribution in [3.63, 3.8) is 0 Å². The Hall–Kier alpha value is -1.83. The summed E-state index contributed by atoms with van der Waals surface area (Å²) in [5, 5.41) is 3.03. The largest absolute Gasteiger partial charge is 0.494 e. The van der Waals surface area contributed by atoms with E-state index < -0.39 is 0 Å². The number of guanidine groups is 1. The van der Waals surface area contributed by atoms with E-state index >= 15 is 0 Å². The number of benzene rings is 2. The molecular formula is C17H21FIN3O. The minimum absolute atomic E-state index is 0. The summed E-state index contributed by atoms with van der Waals surface area (Å²) in [6.45, 7) is 3.10. The van der Waals surface area contributed by atoms with E-state index in [0.717, 1.165) is 12.1 Å². The standard InChI is InChI=1S/C17H20FN3O.HI/c1-13-3-7-15(8-4-13)21-17(19)20-11-2-12-22-16-9-5-14(18)6-10-16;/h3-10H,2,11-12H2,1H3,(H3,19,20,21);1H. The van der Waals surface area contributed by atoms with E-state index in [9.17, 15) is 4.39 Å². The molecule has 0 aliphatic rings. The van der Waals surface area contributed by atoms with Gasteiger partial charge in [-0.05, 0) is 43.3 Å². The zero-order valence-electron chi connectivity index (χ0n) is 13.0. The smallest absolute Gasteiger partial charge is 0.193 e. The van der Waals surface area contributed by atoms with E-state index in [1.807, 2.05) is 31.2 Å². The highest BCUT2D eigenvalue weighted by atomic mass is 127. The van der Waals surface area contributed by atoms with Crippen molar-refractivity contribution < 1.29 is 9.13 Å². The number of hydrogen-bond donors (Lipinski definition) is 2. The summed E-state index contributed by atoms with van der Waals surface area (Å²) in [6.07, 6.45) is 0.730. The van der Waals surface area contributed by atoms with Gasteiger partial charge in [-0.3, -0.25) is 4.99 Å². The second-order valence-corrected chi connectivity index (χ2v) is 4.91. The summed E-state index contributed by atoms with van der Waals surface area (Å²) < 4.78 is 18.2. The molecule has 6 heteroatoms. The van der Waals surface area contributed by atoms with E-state index in [0.29, 0.717) is 24.9 Å². The number of halogens is 2. The fourth-order valence-corrected chi connectivity index (χ4v) is 1.81. The topological polar surface area (TPSA) is 59.6 Å². The fourth-order valence-electron chi connectivity index (χ4n) is 1.81. The molecule has 0 radical (unpaired) electrons. The van der Waals surface area contributed by atoms with Gasteiger partial charge < -0.3 is 15.8 Å². The average molecular weight is 429 g/mol. The summed E-state index contributed by atoms with van der Waals surface area (Å²) >= 11 is 0. The molecule has 0 fully saturated rings. The van der Waals surface area contributed by atoms with Crippen LogP contribution in [0.5, 0.6) is 5.75 Å². The predicted octanol–water partition coefficient (Wildman–Crippen LogP) is 3.95. The van der Waals surface area contributed by atoms with Gasteiger partial charge in [0.1, 0.15) is 11.6 Å². The third-order valence-electron chi connectivity index (χ3n) is 2.99. The second kappa shape index (κ2) is 10.0. The van der Waals surface area contributed by atoms with Crippen molar-refractivity contribution in [2.45, 2.75) is 13.3 Å². The van der Waals surface area contributed by atoms with Crippen LogP contribution in [-0.2, 0) is 0 Å². The Bertz CT molecular complexity index is 615. The molecule has 0 amide bonds. The highest BCUT2D eigenvalue weighted by Crippen LogP contribution is 2.11. The SMILES string of the molecule is Cc1ccc(NC(N)=NCCCOc2ccc(F)cc2)cc1.I. The van der Waals surface area contributed by atoms with Gasteiger partial charge in [-0.25, -0.2) is 4.39 Å². The third kappa shape index (κ3) is 7.32. The molecule has 124 valence electrons. The van der Waals surface area contributed by atoms with Gasteiger partial charge in [0.2, 0.25) is 0 Å². The highest BCUT2D eigenvalue weighted by molar-refractivity contribution is 14.0. The van der Waals surface area contributed by atoms with Crippen LogP contribution >= 0.6 is 24.0 Å². The molecule has 0 unspecified atom stereocenters. The lowest BCUT2D eigenvalue weighted by atomic mass is 10.2. The minimum atomic E-state index is -0.271. The zero-order chi connectivity index (χ0) is 15.8. The van der Waals surface area contributed by atoms with Crippen molar-refractivity contribution in [1.29, 1.82) is 0 Å². The van der Waals surface area contributed by atoms with Crippen LogP contribution in [0.2, 0.25) is 0 Å². The predicted molar refractivity (Wildman–Crippen MR) is 103 cm³/mol. The summed E-state index contributed by atoms with van der Waals surface area (Å²) in [4.78, 5) is 4.23. The lowest BCUT2D eigenvalue weighted by Gasteiger charge is -2.07. The van der Waals surface area contributed by atoms with Gasteiger partial charge >= 0.3 is 0 Å². The van der Waals surface area contributed by atoms with Gasteiger partial charge in [0.15, 0.2) is 5.96 Å². The molecule has 0 saturated carbocycles. The van der Waals surface area contributed by atoms with Gasteiger partial charge in [-0.15, -0.1) is 24.0 Å². The Morgan fingerprint density at radius 2 is 1.78 bits per heavy atom. The number of aliphatic imine (C=N–C) groups is 1. The molecule has 2 aromatic carbocycles. The first-order valence-corrected chi connectivity index (χ1v) is 7.15. The summed E-state index contributed by atoms with van der Waals surface area (Å²) in [5.41, 5.74) is 7.92. The van der Waals surface area contributed by atoms with Crippen LogP contribution in [0, 0.1) is 12.7 Å². The van der Waals surface area contributed by atoms with Crippen LogP contribution in [0.3, 0.4) is 0 Å². The molecule has 0 saturated heterocycles. The summed E-state index contributed by atoms with van der Waals surface area (Å²) in [5.74, 6) is 0.758. The first-order valence-electron chi connectivity index (χ1n) is 7.15. The van der Waals surface area contributed by atoms with Crippen molar-refractivity contribution >= 4 is 35.6 Å². The molecule has 0 aliphatic carbocycles. The van der Waals surface area contributed by atoms with Gasteiger partial charge in [0.05, 0.1) is 6.61 Å². The normalized spacial score (nSPS) is 10.8. The number of nitrogens with two attached hydrogens (primary N) is 1. The van der Waals surface area contributed by atoms with E-state index in [-0.39, 0.29) is 29.8 Å². The Balaban J connectivity index is 0.00000264. The van der Waals surface area contributed by atoms with E-state index in [1.165, 1.54) is 17.7 Å². The van der Waals surface area contributed by atoms with Crippen LogP contribution < -0.4 is 15.8 Å². The van der Waals surface area contributed by atoms with E-state index in [2.05, 4.69) is 10.3 Å². The molecular weight excluding hydrogens is 408 g/mol. The molecule has 2 aromatic rings. The fraction of sp³-hybridized carbons (Fsp3) is 0.235. The first kappa shape index (κ1) is 19.2. The zero-order valence-corrected chi connectivity index (χ0v) is 15.3. The molecule has 0 aliphatic heterocycles. The minimum Gasteiger partial charge on any atom is -0.494 e. The van der Waals surface area contributed by atoms with Gasteiger partial charge in [-0.2, -0.15) is 0 Å². The van der Waals surface area contributed by atoms with Gasteiger partial charge in [0, 0.05) is 18.7 Å². The Morgan fingerprint density at radius 3 is 2.43 bits per heavy atom. The quantitative estimate of drug-likeness (QED) is 0.317. The highest BCUT2D eigenvalue weighted by Gasteiger charge is 1.96. The Labute approximate surface area is 153 Å². The second-order valence-electron chi connectivity index (χ2n) is 4.91. The Morgan fingerprint density at radius 1 is 1.13 bits per heavy atom. The molecule has 4 nitrogen and oxygen atoms in total. The monoisotopic (exact) mass is 429 g/mol. The van der Waals surface area contributed by atoms with Crippen molar-refractivity contribution in [1.82, 2.24) is 0 Å². The summed E-state index contributed by atoms with van der Waals surface area (Å²) in [6, 6.07) is 13.9. The van der Waals surface area contributed by atoms with Crippen molar-refractivity contribution in [2.24, 2.45) is 10.7 Å². The van der Waals surface area contributed by atoms with Gasteiger partial charge in [-0.1, -0.05) is 17.7 Å². The van der Waals surface area contributed by atoms with Crippen LogP contribution in [0.25, 0.3) is 0 Å². The molecule has 0 bridgehead atoms. The van der Waals surface area contributed by atoms with Crippen LogP contribution in [0.4, 0.5) is 10.1 Å². The first-order chi connectivity index (χ1) is 10.6. The number of rotatable bonds is 6. The molecule has 23 heavy (non-hydrogen) atoms. The number of aryl methyl sites for hydroxylation is 1. The number of hydrogen-bond acceptors (Lipinski definition) is 2. The van der Waals surface area contributed by atoms with Crippen molar-refractivity contribution in [3.05, 3.63) is 59.9 Å². The van der Waals surface area contributed by atoms with Crippen LogP contribution in [0.1, 0.15) is 12.0 Å². The van der Waals surface area contributed by atoms with E-state index in [1.54, 1.807) is 12.1 Å². The third-order valence-corrected chi connectivity index (χ3v) is 2.99. The number of anilines is 1. The number of nitrogens with one attached hydrogen (secondary N) is 1. The van der Waals surface area contributed by atoms with Crippen molar-refractivity contribution in [2.75, 3.05) is 18.5 Å². The molecule has 2 rings (SSSR count). The maximum Gasteiger partial charge on any atom is 0.193 e. The maximum atomic E-state index is 12.7. The average Bonchev–Trinajstić information content (AvgIpc) is 2.51. The van der Waals surface area contributed by atoms with Crippen LogP contribution in [0.15, 0.2) is 53.5 Å². The summed E-state index contributed by atoms with van der Waals surface area (Å²) in [7, 11) is 0. The number of nitrogens with zero attached hydrogens (tertiary/aromatic N) is 1. The van der Waals surface area contributed by atoms with Crippen LogP contribution in [-0.4, -0.2) is 19.1 Å².